The van der Waals surface area contributed by atoms with Crippen LogP contribution in [-0.4, -0.2) is 17.1 Å². The Morgan fingerprint density at radius 1 is 0.885 bits per heavy atom. The summed E-state index contributed by atoms with van der Waals surface area (Å²) >= 11 is 5.79. The van der Waals surface area contributed by atoms with E-state index in [0.717, 1.165) is 17.2 Å². The summed E-state index contributed by atoms with van der Waals surface area (Å²) in [6.45, 7) is 4.75. The Morgan fingerprint density at radius 2 is 1.46 bits per heavy atom. The van der Waals surface area contributed by atoms with Gasteiger partial charge in [-0.1, -0.05) is 38.1 Å². The first-order valence-corrected chi connectivity index (χ1v) is 8.72. The number of halogens is 1. The molecule has 5 heteroatoms. The van der Waals surface area contributed by atoms with Crippen LogP contribution in [-0.2, 0) is 12.0 Å². The lowest BCUT2D eigenvalue weighted by Gasteiger charge is -2.26. The van der Waals surface area contributed by atoms with Crippen LogP contribution in [0, 0.1) is 0 Å². The van der Waals surface area contributed by atoms with E-state index in [4.69, 9.17) is 21.1 Å². The molecular formula is C21H21ClN2O2. The topological polar surface area (TPSA) is 44.2 Å². The molecule has 3 rings (SSSR count). The molecule has 0 saturated heterocycles. The number of rotatable bonds is 6. The van der Waals surface area contributed by atoms with E-state index in [1.165, 1.54) is 11.1 Å². The van der Waals surface area contributed by atoms with Gasteiger partial charge in [0.25, 0.3) is 0 Å². The summed E-state index contributed by atoms with van der Waals surface area (Å²) in [4.78, 5) is 7.98. The monoisotopic (exact) mass is 368 g/mol. The number of hydrogen-bond acceptors (Lipinski definition) is 4. The van der Waals surface area contributed by atoms with E-state index in [1.54, 1.807) is 19.4 Å². The van der Waals surface area contributed by atoms with E-state index in [1.807, 2.05) is 24.3 Å². The van der Waals surface area contributed by atoms with E-state index in [0.29, 0.717) is 6.61 Å². The summed E-state index contributed by atoms with van der Waals surface area (Å²) < 4.78 is 11.0. The molecule has 0 aliphatic rings. The highest BCUT2D eigenvalue weighted by Gasteiger charge is 2.23. The van der Waals surface area contributed by atoms with Gasteiger partial charge in [-0.2, -0.15) is 0 Å². The molecule has 0 bridgehead atoms. The number of benzene rings is 2. The normalized spacial score (nSPS) is 11.2. The Bertz CT molecular complexity index is 862. The average Bonchev–Trinajstić information content (AvgIpc) is 2.67. The van der Waals surface area contributed by atoms with Gasteiger partial charge in [0, 0.05) is 11.6 Å². The second-order valence-corrected chi connectivity index (χ2v) is 6.82. The van der Waals surface area contributed by atoms with Crippen molar-refractivity contribution in [1.29, 1.82) is 0 Å². The quantitative estimate of drug-likeness (QED) is 0.571. The fraction of sp³-hybridized carbons (Fsp3) is 0.238. The first kappa shape index (κ1) is 18.2. The lowest BCUT2D eigenvalue weighted by atomic mass is 9.78. The molecule has 1 aromatic heterocycles. The van der Waals surface area contributed by atoms with Crippen LogP contribution in [0.4, 0.5) is 0 Å². The molecule has 0 unspecified atom stereocenters. The zero-order chi connectivity index (χ0) is 18.6. The molecule has 0 radical (unpaired) electrons. The van der Waals surface area contributed by atoms with Crippen molar-refractivity contribution in [3.63, 3.8) is 0 Å². The predicted octanol–water partition coefficient (Wildman–Crippen LogP) is 5.04. The molecule has 1 heterocycles. The maximum absolute atomic E-state index is 5.79. The molecule has 0 saturated carbocycles. The maximum Gasteiger partial charge on any atom is 0.222 e. The highest BCUT2D eigenvalue weighted by molar-refractivity contribution is 6.28. The summed E-state index contributed by atoms with van der Waals surface area (Å²) in [6, 6.07) is 18.1. The van der Waals surface area contributed by atoms with Crippen LogP contribution in [0.5, 0.6) is 11.5 Å². The molecule has 134 valence electrons. The van der Waals surface area contributed by atoms with Crippen molar-refractivity contribution in [1.82, 2.24) is 9.97 Å². The minimum absolute atomic E-state index is 0.120. The van der Waals surface area contributed by atoms with Crippen molar-refractivity contribution in [2.75, 3.05) is 7.11 Å². The Morgan fingerprint density at radius 3 is 2.00 bits per heavy atom. The Hall–Kier alpha value is -2.59. The fourth-order valence-corrected chi connectivity index (χ4v) is 2.91. The van der Waals surface area contributed by atoms with Gasteiger partial charge in [-0.15, -0.1) is 0 Å². The fourth-order valence-electron chi connectivity index (χ4n) is 2.75. The standard InChI is InChI=1S/C21H21ClN2O2/c1-21(2,15-4-8-18(25-3)9-5-15)16-6-10-19(11-7-16)26-14-17-12-13-23-20(22)24-17/h4-13H,14H2,1-3H3. The summed E-state index contributed by atoms with van der Waals surface area (Å²) in [6.07, 6.45) is 1.62. The maximum atomic E-state index is 5.79. The smallest absolute Gasteiger partial charge is 0.222 e. The van der Waals surface area contributed by atoms with Crippen molar-refractivity contribution < 1.29 is 9.47 Å². The Kier molecular flexibility index (Phi) is 5.43. The zero-order valence-corrected chi connectivity index (χ0v) is 15.8. The van der Waals surface area contributed by atoms with Crippen molar-refractivity contribution in [2.45, 2.75) is 25.9 Å². The lowest BCUT2D eigenvalue weighted by Crippen LogP contribution is -2.18. The van der Waals surface area contributed by atoms with E-state index in [9.17, 15) is 0 Å². The molecule has 2 aromatic carbocycles. The van der Waals surface area contributed by atoms with Gasteiger partial charge in [-0.25, -0.2) is 9.97 Å². The van der Waals surface area contributed by atoms with Crippen LogP contribution in [0.25, 0.3) is 0 Å². The molecule has 26 heavy (non-hydrogen) atoms. The molecule has 0 N–H and O–H groups in total. The lowest BCUT2D eigenvalue weighted by molar-refractivity contribution is 0.301. The molecule has 0 aliphatic heterocycles. The highest BCUT2D eigenvalue weighted by atomic mass is 35.5. The SMILES string of the molecule is COc1ccc(C(C)(C)c2ccc(OCc3ccnc(Cl)n3)cc2)cc1. The molecule has 0 amide bonds. The van der Waals surface area contributed by atoms with Gasteiger partial charge in [0.2, 0.25) is 5.28 Å². The van der Waals surface area contributed by atoms with Crippen molar-refractivity contribution >= 4 is 11.6 Å². The number of methoxy groups -OCH3 is 1. The second kappa shape index (κ2) is 7.75. The zero-order valence-electron chi connectivity index (χ0n) is 15.1. The summed E-state index contributed by atoms with van der Waals surface area (Å²) in [7, 11) is 1.67. The summed E-state index contributed by atoms with van der Waals surface area (Å²) in [5.74, 6) is 1.65. The minimum Gasteiger partial charge on any atom is -0.497 e. The van der Waals surface area contributed by atoms with Crippen LogP contribution < -0.4 is 9.47 Å². The summed E-state index contributed by atoms with van der Waals surface area (Å²) in [5.41, 5.74) is 3.06. The van der Waals surface area contributed by atoms with Crippen molar-refractivity contribution in [2.24, 2.45) is 0 Å². The van der Waals surface area contributed by atoms with Crippen LogP contribution >= 0.6 is 11.6 Å². The van der Waals surface area contributed by atoms with Crippen LogP contribution in [0.15, 0.2) is 60.8 Å². The first-order valence-electron chi connectivity index (χ1n) is 8.34. The number of ether oxygens (including phenoxy) is 2. The predicted molar refractivity (Wildman–Crippen MR) is 103 cm³/mol. The average molecular weight is 369 g/mol. The van der Waals surface area contributed by atoms with Crippen molar-refractivity contribution in [3.05, 3.63) is 82.9 Å². The molecule has 0 atom stereocenters. The Balaban J connectivity index is 1.71. The molecule has 0 fully saturated rings. The Labute approximate surface area is 158 Å². The largest absolute Gasteiger partial charge is 0.497 e. The number of aromatic nitrogens is 2. The minimum atomic E-state index is -0.120. The van der Waals surface area contributed by atoms with Gasteiger partial charge in [0.05, 0.1) is 12.8 Å². The van der Waals surface area contributed by atoms with Gasteiger partial charge >= 0.3 is 0 Å². The highest BCUT2D eigenvalue weighted by Crippen LogP contribution is 2.33. The molecule has 0 spiro atoms. The number of hydrogen-bond donors (Lipinski definition) is 0. The van der Waals surface area contributed by atoms with E-state index in [-0.39, 0.29) is 10.7 Å². The van der Waals surface area contributed by atoms with Gasteiger partial charge in [0.1, 0.15) is 18.1 Å². The third-order valence-electron chi connectivity index (χ3n) is 4.46. The van der Waals surface area contributed by atoms with Crippen LogP contribution in [0.3, 0.4) is 0 Å². The number of nitrogens with zero attached hydrogens (tertiary/aromatic N) is 2. The van der Waals surface area contributed by atoms with Crippen LogP contribution in [0.2, 0.25) is 5.28 Å². The third kappa shape index (κ3) is 4.14. The molecule has 4 nitrogen and oxygen atoms in total. The third-order valence-corrected chi connectivity index (χ3v) is 4.64. The van der Waals surface area contributed by atoms with Gasteiger partial charge in [-0.05, 0) is 53.1 Å². The summed E-state index contributed by atoms with van der Waals surface area (Å²) in [5, 5.41) is 0.225. The van der Waals surface area contributed by atoms with E-state index in [2.05, 4.69) is 48.1 Å². The molecule has 0 aliphatic carbocycles. The van der Waals surface area contributed by atoms with E-state index < -0.39 is 0 Å². The van der Waals surface area contributed by atoms with Crippen LogP contribution in [0.1, 0.15) is 30.7 Å². The second-order valence-electron chi connectivity index (χ2n) is 6.48. The van der Waals surface area contributed by atoms with E-state index >= 15 is 0 Å². The molecular weight excluding hydrogens is 348 g/mol. The molecule has 3 aromatic rings. The van der Waals surface area contributed by atoms with Gasteiger partial charge in [-0.3, -0.25) is 0 Å². The van der Waals surface area contributed by atoms with Gasteiger partial charge in [0.15, 0.2) is 0 Å². The van der Waals surface area contributed by atoms with Crippen molar-refractivity contribution in [3.8, 4) is 11.5 Å². The first-order chi connectivity index (χ1) is 12.5. The van der Waals surface area contributed by atoms with Gasteiger partial charge < -0.3 is 9.47 Å².